The summed E-state index contributed by atoms with van der Waals surface area (Å²) < 4.78 is 2.04. The van der Waals surface area contributed by atoms with Crippen molar-refractivity contribution in [2.75, 3.05) is 12.4 Å². The molecule has 1 N–H and O–H groups in total. The summed E-state index contributed by atoms with van der Waals surface area (Å²) in [5, 5.41) is 3.18. The fourth-order valence-electron chi connectivity index (χ4n) is 2.34. The zero-order valence-corrected chi connectivity index (χ0v) is 12.2. The third-order valence-electron chi connectivity index (χ3n) is 3.23. The molecule has 0 radical (unpaired) electrons. The first-order valence-electron chi connectivity index (χ1n) is 6.65. The van der Waals surface area contributed by atoms with Crippen molar-refractivity contribution in [1.29, 1.82) is 0 Å². The Labute approximate surface area is 114 Å². The number of hydrogen-bond acceptors (Lipinski definition) is 4. The molecule has 2 rings (SSSR count). The largest absolute Gasteiger partial charge is 0.373 e. The molecular weight excluding hydrogens is 238 g/mol. The van der Waals surface area contributed by atoms with Gasteiger partial charge in [0.1, 0.15) is 11.5 Å². The lowest BCUT2D eigenvalue weighted by atomic mass is 10.0. The van der Waals surface area contributed by atoms with Crippen LogP contribution >= 0.6 is 0 Å². The zero-order valence-electron chi connectivity index (χ0n) is 12.2. The number of nitrogens with one attached hydrogen (secondary N) is 1. The van der Waals surface area contributed by atoms with Crippen LogP contribution in [0.2, 0.25) is 0 Å². The van der Waals surface area contributed by atoms with Gasteiger partial charge in [-0.25, -0.2) is 15.0 Å². The standard InChI is InChI=1S/C14H21N5/c1-6-19-8-16-7-11(19)13-17-10(4)12(9(2)3)14(15-5)18-13/h7-9H,6H2,1-5H3,(H,15,17,18). The van der Waals surface area contributed by atoms with Gasteiger partial charge in [0.2, 0.25) is 0 Å². The number of rotatable bonds is 4. The van der Waals surface area contributed by atoms with Gasteiger partial charge >= 0.3 is 0 Å². The lowest BCUT2D eigenvalue weighted by Crippen LogP contribution is -2.08. The highest BCUT2D eigenvalue weighted by molar-refractivity contribution is 5.57. The van der Waals surface area contributed by atoms with Crippen LogP contribution in [0.25, 0.3) is 11.5 Å². The number of nitrogens with zero attached hydrogens (tertiary/aromatic N) is 4. The highest BCUT2D eigenvalue weighted by atomic mass is 15.1. The summed E-state index contributed by atoms with van der Waals surface area (Å²) >= 11 is 0. The molecule has 0 spiro atoms. The Bertz CT molecular complexity index is 571. The van der Waals surface area contributed by atoms with Gasteiger partial charge in [-0.1, -0.05) is 13.8 Å². The van der Waals surface area contributed by atoms with E-state index in [2.05, 4.69) is 41.0 Å². The quantitative estimate of drug-likeness (QED) is 0.917. The predicted octanol–water partition coefficient (Wildman–Crippen LogP) is 2.83. The maximum absolute atomic E-state index is 4.64. The third kappa shape index (κ3) is 2.45. The van der Waals surface area contributed by atoms with Crippen molar-refractivity contribution in [3.05, 3.63) is 23.8 Å². The van der Waals surface area contributed by atoms with E-state index in [9.17, 15) is 0 Å². The van der Waals surface area contributed by atoms with Crippen molar-refractivity contribution in [3.8, 4) is 11.5 Å². The molecule has 0 aliphatic heterocycles. The Morgan fingerprint density at radius 3 is 2.63 bits per heavy atom. The van der Waals surface area contributed by atoms with Crippen LogP contribution in [0.4, 0.5) is 5.82 Å². The van der Waals surface area contributed by atoms with Crippen LogP contribution in [-0.4, -0.2) is 26.6 Å². The molecule has 0 fully saturated rings. The van der Waals surface area contributed by atoms with Gasteiger partial charge in [-0.2, -0.15) is 0 Å². The first kappa shape index (κ1) is 13.5. The van der Waals surface area contributed by atoms with E-state index in [-0.39, 0.29) is 0 Å². The molecule has 0 unspecified atom stereocenters. The van der Waals surface area contributed by atoms with E-state index in [1.54, 1.807) is 0 Å². The maximum atomic E-state index is 4.64. The average Bonchev–Trinajstić information content (AvgIpc) is 2.85. The molecule has 0 aliphatic rings. The zero-order chi connectivity index (χ0) is 14.0. The molecule has 19 heavy (non-hydrogen) atoms. The van der Waals surface area contributed by atoms with Crippen molar-refractivity contribution in [2.24, 2.45) is 0 Å². The summed E-state index contributed by atoms with van der Waals surface area (Å²) in [4.78, 5) is 13.5. The van der Waals surface area contributed by atoms with E-state index in [4.69, 9.17) is 0 Å². The monoisotopic (exact) mass is 259 g/mol. The first-order valence-corrected chi connectivity index (χ1v) is 6.65. The van der Waals surface area contributed by atoms with Gasteiger partial charge in [0.25, 0.3) is 0 Å². The van der Waals surface area contributed by atoms with E-state index in [0.29, 0.717) is 5.92 Å². The fourth-order valence-corrected chi connectivity index (χ4v) is 2.34. The third-order valence-corrected chi connectivity index (χ3v) is 3.23. The Morgan fingerprint density at radius 1 is 1.32 bits per heavy atom. The molecule has 102 valence electrons. The van der Waals surface area contributed by atoms with Crippen molar-refractivity contribution in [1.82, 2.24) is 19.5 Å². The molecule has 0 atom stereocenters. The van der Waals surface area contributed by atoms with Gasteiger partial charge in [0.15, 0.2) is 5.82 Å². The summed E-state index contributed by atoms with van der Waals surface area (Å²) in [7, 11) is 1.90. The topological polar surface area (TPSA) is 55.6 Å². The van der Waals surface area contributed by atoms with Crippen molar-refractivity contribution >= 4 is 5.82 Å². The minimum Gasteiger partial charge on any atom is -0.373 e. The van der Waals surface area contributed by atoms with Gasteiger partial charge in [0.05, 0.1) is 12.5 Å². The molecule has 2 aromatic heterocycles. The molecule has 0 saturated carbocycles. The fraction of sp³-hybridized carbons (Fsp3) is 0.500. The van der Waals surface area contributed by atoms with Crippen molar-refractivity contribution in [2.45, 2.75) is 40.2 Å². The molecular formula is C14H21N5. The number of imidazole rings is 1. The van der Waals surface area contributed by atoms with Gasteiger partial charge in [-0.05, 0) is 19.8 Å². The molecule has 0 amide bonds. The minimum absolute atomic E-state index is 0.396. The number of aromatic nitrogens is 4. The van der Waals surface area contributed by atoms with Crippen LogP contribution in [0, 0.1) is 6.92 Å². The Morgan fingerprint density at radius 2 is 2.05 bits per heavy atom. The highest BCUT2D eigenvalue weighted by Gasteiger charge is 2.16. The maximum Gasteiger partial charge on any atom is 0.180 e. The van der Waals surface area contributed by atoms with Crippen LogP contribution in [-0.2, 0) is 6.54 Å². The SMILES string of the molecule is CCn1cncc1-c1nc(C)c(C(C)C)c(NC)n1. The highest BCUT2D eigenvalue weighted by Crippen LogP contribution is 2.27. The van der Waals surface area contributed by atoms with E-state index in [1.165, 1.54) is 5.56 Å². The molecule has 2 aromatic rings. The second-order valence-electron chi connectivity index (χ2n) is 4.86. The van der Waals surface area contributed by atoms with Crippen LogP contribution in [0.15, 0.2) is 12.5 Å². The van der Waals surface area contributed by atoms with Gasteiger partial charge in [0, 0.05) is 24.8 Å². The number of aryl methyl sites for hydroxylation is 2. The van der Waals surface area contributed by atoms with Gasteiger partial charge < -0.3 is 9.88 Å². The van der Waals surface area contributed by atoms with Crippen molar-refractivity contribution in [3.63, 3.8) is 0 Å². The van der Waals surface area contributed by atoms with Crippen LogP contribution < -0.4 is 5.32 Å². The molecule has 2 heterocycles. The summed E-state index contributed by atoms with van der Waals surface area (Å²) in [6.07, 6.45) is 3.62. The van der Waals surface area contributed by atoms with Crippen LogP contribution in [0.5, 0.6) is 0 Å². The number of anilines is 1. The van der Waals surface area contributed by atoms with E-state index in [1.807, 2.05) is 31.1 Å². The Balaban J connectivity index is 2.58. The Kier molecular flexibility index (Phi) is 3.83. The van der Waals surface area contributed by atoms with Gasteiger partial charge in [-0.15, -0.1) is 0 Å². The van der Waals surface area contributed by atoms with E-state index < -0.39 is 0 Å². The molecule has 0 bridgehead atoms. The summed E-state index contributed by atoms with van der Waals surface area (Å²) in [6, 6.07) is 0. The molecule has 5 nitrogen and oxygen atoms in total. The number of hydrogen-bond donors (Lipinski definition) is 1. The lowest BCUT2D eigenvalue weighted by molar-refractivity contribution is 0.760. The first-order chi connectivity index (χ1) is 9.08. The second kappa shape index (κ2) is 5.38. The molecule has 0 aliphatic carbocycles. The molecule has 0 saturated heterocycles. The average molecular weight is 259 g/mol. The van der Waals surface area contributed by atoms with Crippen LogP contribution in [0.3, 0.4) is 0 Å². The van der Waals surface area contributed by atoms with E-state index >= 15 is 0 Å². The normalized spacial score (nSPS) is 11.1. The predicted molar refractivity (Wildman–Crippen MR) is 77.3 cm³/mol. The van der Waals surface area contributed by atoms with Crippen molar-refractivity contribution < 1.29 is 0 Å². The summed E-state index contributed by atoms with van der Waals surface area (Å²) in [6.45, 7) is 9.29. The van der Waals surface area contributed by atoms with Crippen LogP contribution in [0.1, 0.15) is 37.9 Å². The minimum atomic E-state index is 0.396. The molecule has 5 heteroatoms. The second-order valence-corrected chi connectivity index (χ2v) is 4.86. The summed E-state index contributed by atoms with van der Waals surface area (Å²) in [5.41, 5.74) is 3.15. The lowest BCUT2D eigenvalue weighted by Gasteiger charge is -2.15. The van der Waals surface area contributed by atoms with E-state index in [0.717, 1.165) is 29.6 Å². The molecule has 0 aromatic carbocycles. The summed E-state index contributed by atoms with van der Waals surface area (Å²) in [5.74, 6) is 2.03. The smallest absolute Gasteiger partial charge is 0.180 e. The Hall–Kier alpha value is -1.91. The van der Waals surface area contributed by atoms with Gasteiger partial charge in [-0.3, -0.25) is 0 Å².